The Bertz CT molecular complexity index is 607. The first-order chi connectivity index (χ1) is 11.1. The summed E-state index contributed by atoms with van der Waals surface area (Å²) >= 11 is 0. The quantitative estimate of drug-likeness (QED) is 0.788. The second-order valence-corrected chi connectivity index (χ2v) is 6.06. The van der Waals surface area contributed by atoms with Gasteiger partial charge in [0.15, 0.2) is 0 Å². The van der Waals surface area contributed by atoms with Crippen LogP contribution in [-0.4, -0.2) is 15.9 Å². The van der Waals surface area contributed by atoms with Crippen molar-refractivity contribution in [1.29, 1.82) is 0 Å². The molecule has 0 radical (unpaired) electrons. The van der Waals surface area contributed by atoms with E-state index in [1.807, 2.05) is 24.3 Å². The number of para-hydroxylation sites is 1. The van der Waals surface area contributed by atoms with E-state index in [9.17, 15) is 9.90 Å². The van der Waals surface area contributed by atoms with E-state index in [0.717, 1.165) is 24.2 Å². The SMILES string of the molecule is CCC[C@@H](C)CC(=O)N(Cc1ccco1)Cc1ccccc1O. The molecule has 2 aromatic rings. The highest BCUT2D eigenvalue weighted by Crippen LogP contribution is 2.21. The molecule has 1 atom stereocenters. The first-order valence-electron chi connectivity index (χ1n) is 8.17. The minimum absolute atomic E-state index is 0.0885. The molecule has 23 heavy (non-hydrogen) atoms. The molecule has 0 unspecified atom stereocenters. The fourth-order valence-corrected chi connectivity index (χ4v) is 2.70. The average molecular weight is 315 g/mol. The first kappa shape index (κ1) is 17.1. The summed E-state index contributed by atoms with van der Waals surface area (Å²) in [4.78, 5) is 14.4. The first-order valence-corrected chi connectivity index (χ1v) is 8.17. The van der Waals surface area contributed by atoms with E-state index in [-0.39, 0.29) is 11.7 Å². The van der Waals surface area contributed by atoms with Crippen LogP contribution in [-0.2, 0) is 17.9 Å². The number of rotatable bonds is 8. The Morgan fingerprint density at radius 3 is 2.65 bits per heavy atom. The fraction of sp³-hybridized carbons (Fsp3) is 0.421. The lowest BCUT2D eigenvalue weighted by molar-refractivity contribution is -0.133. The predicted octanol–water partition coefficient (Wildman–Crippen LogP) is 4.34. The zero-order valence-corrected chi connectivity index (χ0v) is 13.9. The van der Waals surface area contributed by atoms with Crippen molar-refractivity contribution < 1.29 is 14.3 Å². The van der Waals surface area contributed by atoms with Crippen molar-refractivity contribution in [2.45, 2.75) is 46.2 Å². The maximum atomic E-state index is 12.7. The molecule has 1 aromatic carbocycles. The number of carbonyl (C=O) groups is 1. The number of carbonyl (C=O) groups excluding carboxylic acids is 1. The molecule has 0 aliphatic carbocycles. The number of amides is 1. The average Bonchev–Trinajstić information content (AvgIpc) is 3.02. The molecule has 4 heteroatoms. The van der Waals surface area contributed by atoms with Crippen molar-refractivity contribution in [3.63, 3.8) is 0 Å². The van der Waals surface area contributed by atoms with Gasteiger partial charge in [0, 0.05) is 18.5 Å². The third-order valence-corrected chi connectivity index (χ3v) is 3.94. The van der Waals surface area contributed by atoms with Gasteiger partial charge in [0.05, 0.1) is 12.8 Å². The van der Waals surface area contributed by atoms with E-state index in [0.29, 0.717) is 25.4 Å². The standard InChI is InChI=1S/C19H25NO3/c1-3-7-15(2)12-19(22)20(14-17-9-6-11-23-17)13-16-8-4-5-10-18(16)21/h4-6,8-11,15,21H,3,7,12-14H2,1-2H3/t15-/m1/s1. The van der Waals surface area contributed by atoms with Crippen molar-refractivity contribution in [3.8, 4) is 5.75 Å². The number of benzene rings is 1. The summed E-state index contributed by atoms with van der Waals surface area (Å²) in [5, 5.41) is 9.97. The fourth-order valence-electron chi connectivity index (χ4n) is 2.70. The van der Waals surface area contributed by atoms with Crippen LogP contribution in [0.4, 0.5) is 0 Å². The Kier molecular flexibility index (Phi) is 6.27. The van der Waals surface area contributed by atoms with E-state index >= 15 is 0 Å². The molecule has 0 fully saturated rings. The molecular formula is C19H25NO3. The van der Waals surface area contributed by atoms with Crippen molar-refractivity contribution in [2.24, 2.45) is 5.92 Å². The number of hydrogen-bond acceptors (Lipinski definition) is 3. The summed E-state index contributed by atoms with van der Waals surface area (Å²) in [6.07, 6.45) is 4.24. The second-order valence-electron chi connectivity index (χ2n) is 6.06. The van der Waals surface area contributed by atoms with E-state index in [4.69, 9.17) is 4.42 Å². The molecule has 0 aliphatic rings. The number of aromatic hydroxyl groups is 1. The van der Waals surface area contributed by atoms with Crippen LogP contribution < -0.4 is 0 Å². The van der Waals surface area contributed by atoms with Crippen LogP contribution in [0.1, 0.15) is 44.4 Å². The summed E-state index contributed by atoms with van der Waals surface area (Å²) in [5.41, 5.74) is 0.746. The minimum Gasteiger partial charge on any atom is -0.508 e. The number of furan rings is 1. The molecular weight excluding hydrogens is 290 g/mol. The maximum absolute atomic E-state index is 12.7. The van der Waals surface area contributed by atoms with Gasteiger partial charge in [0.25, 0.3) is 0 Å². The van der Waals surface area contributed by atoms with E-state index in [1.165, 1.54) is 0 Å². The Balaban J connectivity index is 2.11. The van der Waals surface area contributed by atoms with Gasteiger partial charge < -0.3 is 14.4 Å². The summed E-state index contributed by atoms with van der Waals surface area (Å²) in [7, 11) is 0. The van der Waals surface area contributed by atoms with Gasteiger partial charge in [-0.1, -0.05) is 44.9 Å². The largest absolute Gasteiger partial charge is 0.508 e. The Labute approximate surface area is 137 Å². The Hall–Kier alpha value is -2.23. The summed E-state index contributed by atoms with van der Waals surface area (Å²) in [6.45, 7) is 5.03. The lowest BCUT2D eigenvalue weighted by Crippen LogP contribution is -2.31. The third kappa shape index (κ3) is 5.16. The van der Waals surface area contributed by atoms with Gasteiger partial charge in [-0.15, -0.1) is 0 Å². The van der Waals surface area contributed by atoms with Crippen molar-refractivity contribution in [1.82, 2.24) is 4.90 Å². The van der Waals surface area contributed by atoms with Crippen LogP contribution in [0.2, 0.25) is 0 Å². The molecule has 1 aromatic heterocycles. The van der Waals surface area contributed by atoms with E-state index in [2.05, 4.69) is 13.8 Å². The lowest BCUT2D eigenvalue weighted by atomic mass is 10.0. The highest BCUT2D eigenvalue weighted by atomic mass is 16.3. The summed E-state index contributed by atoms with van der Waals surface area (Å²) in [5.74, 6) is 1.41. The highest BCUT2D eigenvalue weighted by molar-refractivity contribution is 5.76. The van der Waals surface area contributed by atoms with Crippen molar-refractivity contribution in [3.05, 3.63) is 54.0 Å². The minimum atomic E-state index is 0.0885. The van der Waals surface area contributed by atoms with E-state index in [1.54, 1.807) is 23.3 Å². The van der Waals surface area contributed by atoms with Crippen LogP contribution in [0.5, 0.6) is 5.75 Å². The number of phenolic OH excluding ortho intramolecular Hbond substituents is 1. The van der Waals surface area contributed by atoms with Crippen LogP contribution in [0.3, 0.4) is 0 Å². The third-order valence-electron chi connectivity index (χ3n) is 3.94. The molecule has 1 N–H and O–H groups in total. The number of hydrogen-bond donors (Lipinski definition) is 1. The van der Waals surface area contributed by atoms with Crippen LogP contribution in [0.25, 0.3) is 0 Å². The molecule has 0 bridgehead atoms. The zero-order chi connectivity index (χ0) is 16.7. The van der Waals surface area contributed by atoms with Crippen molar-refractivity contribution in [2.75, 3.05) is 0 Å². The zero-order valence-electron chi connectivity index (χ0n) is 13.9. The smallest absolute Gasteiger partial charge is 0.223 e. The molecule has 1 heterocycles. The highest BCUT2D eigenvalue weighted by Gasteiger charge is 2.19. The molecule has 0 saturated carbocycles. The summed E-state index contributed by atoms with van der Waals surface area (Å²) < 4.78 is 5.38. The van der Waals surface area contributed by atoms with Gasteiger partial charge >= 0.3 is 0 Å². The molecule has 1 amide bonds. The van der Waals surface area contributed by atoms with Crippen LogP contribution in [0.15, 0.2) is 47.1 Å². The van der Waals surface area contributed by atoms with Gasteiger partial charge in [-0.3, -0.25) is 4.79 Å². The van der Waals surface area contributed by atoms with Crippen LogP contribution in [0, 0.1) is 5.92 Å². The maximum Gasteiger partial charge on any atom is 0.223 e. The van der Waals surface area contributed by atoms with Gasteiger partial charge in [-0.25, -0.2) is 0 Å². The molecule has 0 aliphatic heterocycles. The van der Waals surface area contributed by atoms with Gasteiger partial charge in [-0.05, 0) is 24.1 Å². The second kappa shape index (κ2) is 8.42. The Morgan fingerprint density at radius 2 is 2.00 bits per heavy atom. The topological polar surface area (TPSA) is 53.7 Å². The van der Waals surface area contributed by atoms with Gasteiger partial charge in [-0.2, -0.15) is 0 Å². The normalized spacial score (nSPS) is 12.1. The Morgan fingerprint density at radius 1 is 1.22 bits per heavy atom. The summed E-state index contributed by atoms with van der Waals surface area (Å²) in [6, 6.07) is 10.8. The molecule has 2 rings (SSSR count). The van der Waals surface area contributed by atoms with Gasteiger partial charge in [0.1, 0.15) is 11.5 Å². The lowest BCUT2D eigenvalue weighted by Gasteiger charge is -2.24. The number of nitrogens with zero attached hydrogens (tertiary/aromatic N) is 1. The van der Waals surface area contributed by atoms with Crippen LogP contribution >= 0.6 is 0 Å². The van der Waals surface area contributed by atoms with E-state index < -0.39 is 0 Å². The molecule has 0 saturated heterocycles. The molecule has 4 nitrogen and oxygen atoms in total. The number of phenols is 1. The predicted molar refractivity (Wildman–Crippen MR) is 89.8 cm³/mol. The van der Waals surface area contributed by atoms with Crippen molar-refractivity contribution >= 4 is 5.91 Å². The molecule has 0 spiro atoms. The molecule has 124 valence electrons. The monoisotopic (exact) mass is 315 g/mol. The van der Waals surface area contributed by atoms with Gasteiger partial charge in [0.2, 0.25) is 5.91 Å².